The highest BCUT2D eigenvalue weighted by Crippen LogP contribution is 2.30. The molecule has 3 aromatic carbocycles. The first-order valence-electron chi connectivity index (χ1n) is 9.04. The van der Waals surface area contributed by atoms with Crippen LogP contribution in [0.2, 0.25) is 0 Å². The summed E-state index contributed by atoms with van der Waals surface area (Å²) in [5, 5.41) is 8.06. The van der Waals surface area contributed by atoms with E-state index < -0.39 is 0 Å². The van der Waals surface area contributed by atoms with E-state index in [9.17, 15) is 9.59 Å². The normalized spacial score (nSPS) is 12.7. The molecule has 1 aliphatic rings. The number of nitrogens with zero attached hydrogens (tertiary/aromatic N) is 1. The lowest BCUT2D eigenvalue weighted by Crippen LogP contribution is -2.28. The van der Waals surface area contributed by atoms with Crippen LogP contribution in [0.3, 0.4) is 0 Å². The molecule has 0 aliphatic carbocycles. The molecule has 3 aromatic rings. The predicted octanol–water partition coefficient (Wildman–Crippen LogP) is 4.07. The minimum atomic E-state index is -0.268. The van der Waals surface area contributed by atoms with Gasteiger partial charge in [0.1, 0.15) is 0 Å². The molecule has 0 fully saturated rings. The quantitative estimate of drug-likeness (QED) is 0.740. The van der Waals surface area contributed by atoms with Crippen LogP contribution in [-0.2, 0) is 17.8 Å². The molecule has 0 radical (unpaired) electrons. The van der Waals surface area contributed by atoms with E-state index in [2.05, 4.69) is 28.8 Å². The Morgan fingerprint density at radius 1 is 1.04 bits per heavy atom. The van der Waals surface area contributed by atoms with Gasteiger partial charge in [0.25, 0.3) is 0 Å². The summed E-state index contributed by atoms with van der Waals surface area (Å²) in [5.74, 6) is 0.0197. The first-order valence-corrected chi connectivity index (χ1v) is 9.04. The Morgan fingerprint density at radius 2 is 1.85 bits per heavy atom. The Morgan fingerprint density at radius 3 is 2.70 bits per heavy atom. The molecule has 5 nitrogen and oxygen atoms in total. The van der Waals surface area contributed by atoms with E-state index in [0.717, 1.165) is 34.0 Å². The Labute approximate surface area is 158 Å². The smallest absolute Gasteiger partial charge is 0.319 e. The molecular weight excluding hydrogens is 338 g/mol. The Balaban J connectivity index is 1.44. The lowest BCUT2D eigenvalue weighted by Gasteiger charge is -2.16. The number of nitrogens with one attached hydrogen (secondary N) is 2. The highest BCUT2D eigenvalue weighted by atomic mass is 16.2. The van der Waals surface area contributed by atoms with Crippen molar-refractivity contribution in [2.45, 2.75) is 19.9 Å². The van der Waals surface area contributed by atoms with Crippen molar-refractivity contribution in [3.8, 4) is 0 Å². The minimum absolute atomic E-state index is 0.0197. The van der Waals surface area contributed by atoms with Crippen LogP contribution in [0.25, 0.3) is 10.8 Å². The number of anilines is 2. The maximum Gasteiger partial charge on any atom is 0.319 e. The number of hydrogen-bond donors (Lipinski definition) is 2. The number of rotatable bonds is 3. The van der Waals surface area contributed by atoms with E-state index in [0.29, 0.717) is 18.8 Å². The summed E-state index contributed by atoms with van der Waals surface area (Å²) in [6.45, 7) is 2.70. The zero-order valence-corrected chi connectivity index (χ0v) is 15.2. The summed E-state index contributed by atoms with van der Waals surface area (Å²) in [4.78, 5) is 25.8. The number of carbonyl (C=O) groups is 2. The molecule has 0 saturated carbocycles. The Kier molecular flexibility index (Phi) is 4.50. The molecule has 136 valence electrons. The van der Waals surface area contributed by atoms with Crippen molar-refractivity contribution in [2.75, 3.05) is 16.8 Å². The second-order valence-electron chi connectivity index (χ2n) is 6.71. The summed E-state index contributed by atoms with van der Waals surface area (Å²) in [5.41, 5.74) is 3.76. The van der Waals surface area contributed by atoms with Gasteiger partial charge in [-0.3, -0.25) is 4.79 Å². The zero-order valence-electron chi connectivity index (χ0n) is 15.2. The van der Waals surface area contributed by atoms with Crippen LogP contribution in [0.4, 0.5) is 16.2 Å². The third kappa shape index (κ3) is 3.49. The van der Waals surface area contributed by atoms with Crippen LogP contribution in [0, 0.1) is 0 Å². The average Bonchev–Trinajstić information content (AvgIpc) is 3.10. The number of fused-ring (bicyclic) bond motifs is 2. The molecule has 2 N–H and O–H groups in total. The standard InChI is InChI=1S/C22H21N3O2/c1-15(26)25-12-11-17-9-10-19(13-21(17)25)24-22(27)23-14-18-7-4-6-16-5-2-3-8-20(16)18/h2-10,13H,11-12,14H2,1H3,(H2,23,24,27). The lowest BCUT2D eigenvalue weighted by atomic mass is 10.0. The van der Waals surface area contributed by atoms with Gasteiger partial charge in [-0.25, -0.2) is 4.79 Å². The van der Waals surface area contributed by atoms with Crippen LogP contribution < -0.4 is 15.5 Å². The van der Waals surface area contributed by atoms with Crippen LogP contribution in [0.15, 0.2) is 60.7 Å². The average molecular weight is 359 g/mol. The number of carbonyl (C=O) groups excluding carboxylic acids is 2. The van der Waals surface area contributed by atoms with E-state index in [1.165, 1.54) is 0 Å². The zero-order chi connectivity index (χ0) is 18.8. The second kappa shape index (κ2) is 7.11. The summed E-state index contributed by atoms with van der Waals surface area (Å²) >= 11 is 0. The van der Waals surface area contributed by atoms with Crippen LogP contribution >= 0.6 is 0 Å². The number of hydrogen-bond acceptors (Lipinski definition) is 2. The molecule has 0 aromatic heterocycles. The Bertz CT molecular complexity index is 1020. The van der Waals surface area contributed by atoms with Crippen molar-refractivity contribution in [2.24, 2.45) is 0 Å². The van der Waals surface area contributed by atoms with Gasteiger partial charge in [0.05, 0.1) is 0 Å². The maximum absolute atomic E-state index is 12.3. The van der Waals surface area contributed by atoms with Gasteiger partial charge in [0.2, 0.25) is 5.91 Å². The van der Waals surface area contributed by atoms with E-state index in [1.807, 2.05) is 42.5 Å². The Hall–Kier alpha value is -3.34. The van der Waals surface area contributed by atoms with Gasteiger partial charge in [-0.15, -0.1) is 0 Å². The first-order chi connectivity index (χ1) is 13.1. The van der Waals surface area contributed by atoms with E-state index in [1.54, 1.807) is 11.8 Å². The summed E-state index contributed by atoms with van der Waals surface area (Å²) in [7, 11) is 0. The SMILES string of the molecule is CC(=O)N1CCc2ccc(NC(=O)NCc3cccc4ccccc34)cc21. The molecular formula is C22H21N3O2. The maximum atomic E-state index is 12.3. The van der Waals surface area contributed by atoms with Gasteiger partial charge in [0, 0.05) is 31.4 Å². The minimum Gasteiger partial charge on any atom is -0.334 e. The lowest BCUT2D eigenvalue weighted by molar-refractivity contribution is -0.116. The predicted molar refractivity (Wildman–Crippen MR) is 108 cm³/mol. The third-order valence-corrected chi connectivity index (χ3v) is 4.94. The molecule has 3 amide bonds. The fourth-order valence-corrected chi connectivity index (χ4v) is 3.58. The van der Waals surface area contributed by atoms with Crippen LogP contribution in [-0.4, -0.2) is 18.5 Å². The van der Waals surface area contributed by atoms with E-state index in [4.69, 9.17) is 0 Å². The van der Waals surface area contributed by atoms with Crippen molar-refractivity contribution < 1.29 is 9.59 Å². The van der Waals surface area contributed by atoms with E-state index in [-0.39, 0.29) is 11.9 Å². The van der Waals surface area contributed by atoms with Crippen molar-refractivity contribution in [3.05, 3.63) is 71.8 Å². The summed E-state index contributed by atoms with van der Waals surface area (Å²) in [6, 6.07) is 19.6. The monoisotopic (exact) mass is 359 g/mol. The highest BCUT2D eigenvalue weighted by molar-refractivity contribution is 5.96. The van der Waals surface area contributed by atoms with Crippen LogP contribution in [0.5, 0.6) is 0 Å². The molecule has 1 heterocycles. The number of benzene rings is 3. The molecule has 0 unspecified atom stereocenters. The highest BCUT2D eigenvalue weighted by Gasteiger charge is 2.22. The molecule has 1 aliphatic heterocycles. The molecule has 5 heteroatoms. The van der Waals surface area contributed by atoms with Gasteiger partial charge >= 0.3 is 6.03 Å². The van der Waals surface area contributed by atoms with Gasteiger partial charge in [-0.2, -0.15) is 0 Å². The molecule has 27 heavy (non-hydrogen) atoms. The topological polar surface area (TPSA) is 61.4 Å². The van der Waals surface area contributed by atoms with Gasteiger partial charge in [-0.05, 0) is 40.5 Å². The largest absolute Gasteiger partial charge is 0.334 e. The van der Waals surface area contributed by atoms with Crippen molar-refractivity contribution in [3.63, 3.8) is 0 Å². The summed E-state index contributed by atoms with van der Waals surface area (Å²) in [6.07, 6.45) is 0.850. The first kappa shape index (κ1) is 17.1. The molecule has 0 atom stereocenters. The third-order valence-electron chi connectivity index (χ3n) is 4.94. The van der Waals surface area contributed by atoms with E-state index >= 15 is 0 Å². The van der Waals surface area contributed by atoms with Gasteiger partial charge in [0.15, 0.2) is 0 Å². The number of urea groups is 1. The van der Waals surface area contributed by atoms with Gasteiger partial charge in [-0.1, -0.05) is 48.5 Å². The fraction of sp³-hybridized carbons (Fsp3) is 0.182. The van der Waals surface area contributed by atoms with Crippen molar-refractivity contribution in [1.82, 2.24) is 5.32 Å². The molecule has 0 bridgehead atoms. The summed E-state index contributed by atoms with van der Waals surface area (Å²) < 4.78 is 0. The molecule has 0 saturated heterocycles. The second-order valence-corrected chi connectivity index (χ2v) is 6.71. The molecule has 4 rings (SSSR count). The fourth-order valence-electron chi connectivity index (χ4n) is 3.58. The van der Waals surface area contributed by atoms with Crippen molar-refractivity contribution in [1.29, 1.82) is 0 Å². The van der Waals surface area contributed by atoms with Gasteiger partial charge < -0.3 is 15.5 Å². The van der Waals surface area contributed by atoms with Crippen molar-refractivity contribution >= 4 is 34.1 Å². The number of amides is 3. The molecule has 0 spiro atoms. The van der Waals surface area contributed by atoms with Crippen LogP contribution in [0.1, 0.15) is 18.1 Å².